The summed E-state index contributed by atoms with van der Waals surface area (Å²) in [6, 6.07) is 22.1. The quantitative estimate of drug-likeness (QED) is 0.371. The lowest BCUT2D eigenvalue weighted by Crippen LogP contribution is -2.50. The number of ether oxygens (including phenoxy) is 2. The summed E-state index contributed by atoms with van der Waals surface area (Å²) in [4.78, 5) is 28.6. The smallest absolute Gasteiger partial charge is 0.243 e. The standard InChI is InChI=1S/C29H33ClN2O4/c1-4-31-29(34)25(18-21-8-6-5-7-9-21)32(20-23-10-14-24(30)15-11-23)28(33)17-13-22-12-16-26(35-2)27(19-22)36-3/h5-12,14-16,19,25H,4,13,17-18,20H2,1-3H3,(H,31,34)/t25-/m1/s1. The van der Waals surface area contributed by atoms with Crippen molar-refractivity contribution in [2.24, 2.45) is 0 Å². The summed E-state index contributed by atoms with van der Waals surface area (Å²) in [5.74, 6) is 0.975. The molecule has 190 valence electrons. The first-order chi connectivity index (χ1) is 17.4. The molecule has 0 aromatic heterocycles. The highest BCUT2D eigenvalue weighted by Gasteiger charge is 2.30. The van der Waals surface area contributed by atoms with Gasteiger partial charge in [0.2, 0.25) is 11.8 Å². The molecule has 7 heteroatoms. The van der Waals surface area contributed by atoms with Crippen LogP contribution in [0.4, 0.5) is 0 Å². The molecule has 0 heterocycles. The van der Waals surface area contributed by atoms with Gasteiger partial charge in [0.1, 0.15) is 6.04 Å². The van der Waals surface area contributed by atoms with E-state index in [0.29, 0.717) is 42.5 Å². The van der Waals surface area contributed by atoms with Gasteiger partial charge in [0.05, 0.1) is 14.2 Å². The van der Waals surface area contributed by atoms with Gasteiger partial charge in [0, 0.05) is 31.0 Å². The van der Waals surface area contributed by atoms with Gasteiger partial charge in [-0.2, -0.15) is 0 Å². The number of amides is 2. The number of benzene rings is 3. The molecule has 1 N–H and O–H groups in total. The van der Waals surface area contributed by atoms with Crippen LogP contribution in [0.15, 0.2) is 72.8 Å². The zero-order valence-electron chi connectivity index (χ0n) is 21.0. The second-order valence-electron chi connectivity index (χ2n) is 8.44. The van der Waals surface area contributed by atoms with Gasteiger partial charge in [-0.05, 0) is 54.3 Å². The Morgan fingerprint density at radius 3 is 2.19 bits per heavy atom. The molecule has 1 atom stereocenters. The minimum atomic E-state index is -0.652. The van der Waals surface area contributed by atoms with Crippen LogP contribution < -0.4 is 14.8 Å². The molecule has 0 radical (unpaired) electrons. The summed E-state index contributed by atoms with van der Waals surface area (Å²) in [5, 5.41) is 3.53. The van der Waals surface area contributed by atoms with Gasteiger partial charge < -0.3 is 19.7 Å². The van der Waals surface area contributed by atoms with Crippen molar-refractivity contribution < 1.29 is 19.1 Å². The number of hydrogen-bond acceptors (Lipinski definition) is 4. The summed E-state index contributed by atoms with van der Waals surface area (Å²) in [5.41, 5.74) is 2.84. The average molecular weight is 509 g/mol. The molecule has 6 nitrogen and oxygen atoms in total. The molecule has 0 aliphatic carbocycles. The van der Waals surface area contributed by atoms with E-state index in [-0.39, 0.29) is 18.2 Å². The van der Waals surface area contributed by atoms with Crippen LogP contribution in [-0.4, -0.2) is 43.5 Å². The zero-order chi connectivity index (χ0) is 25.9. The van der Waals surface area contributed by atoms with Gasteiger partial charge in [-0.3, -0.25) is 9.59 Å². The summed E-state index contributed by atoms with van der Waals surface area (Å²) in [6.07, 6.45) is 1.17. The maximum atomic E-state index is 13.7. The van der Waals surface area contributed by atoms with E-state index in [9.17, 15) is 9.59 Å². The van der Waals surface area contributed by atoms with E-state index in [1.165, 1.54) is 0 Å². The lowest BCUT2D eigenvalue weighted by Gasteiger charge is -2.31. The Balaban J connectivity index is 1.87. The molecule has 0 saturated heterocycles. The first kappa shape index (κ1) is 27.1. The van der Waals surface area contributed by atoms with Crippen LogP contribution in [0, 0.1) is 0 Å². The van der Waals surface area contributed by atoms with Crippen LogP contribution >= 0.6 is 11.6 Å². The number of halogens is 1. The molecular weight excluding hydrogens is 476 g/mol. The van der Waals surface area contributed by atoms with Crippen molar-refractivity contribution in [3.63, 3.8) is 0 Å². The normalized spacial score (nSPS) is 11.4. The molecule has 0 spiro atoms. The van der Waals surface area contributed by atoms with E-state index in [2.05, 4.69) is 5.32 Å². The Kier molecular flexibility index (Phi) is 10.2. The van der Waals surface area contributed by atoms with Crippen molar-refractivity contribution in [1.82, 2.24) is 10.2 Å². The third kappa shape index (κ3) is 7.49. The van der Waals surface area contributed by atoms with Crippen LogP contribution in [-0.2, 0) is 29.0 Å². The van der Waals surface area contributed by atoms with Gasteiger partial charge in [0.25, 0.3) is 0 Å². The highest BCUT2D eigenvalue weighted by Crippen LogP contribution is 2.28. The molecule has 0 aliphatic rings. The topological polar surface area (TPSA) is 67.9 Å². The van der Waals surface area contributed by atoms with E-state index in [1.807, 2.05) is 67.6 Å². The van der Waals surface area contributed by atoms with Crippen LogP contribution in [0.1, 0.15) is 30.0 Å². The number of methoxy groups -OCH3 is 2. The molecule has 0 bridgehead atoms. The largest absolute Gasteiger partial charge is 0.493 e. The molecule has 3 rings (SSSR count). The minimum absolute atomic E-state index is 0.105. The maximum Gasteiger partial charge on any atom is 0.243 e. The maximum absolute atomic E-state index is 13.7. The van der Waals surface area contributed by atoms with Crippen LogP contribution in [0.2, 0.25) is 5.02 Å². The van der Waals surface area contributed by atoms with Gasteiger partial charge in [0.15, 0.2) is 11.5 Å². The molecule has 0 aliphatic heterocycles. The first-order valence-corrected chi connectivity index (χ1v) is 12.4. The fourth-order valence-corrected chi connectivity index (χ4v) is 4.19. The predicted octanol–water partition coefficient (Wildman–Crippen LogP) is 5.07. The monoisotopic (exact) mass is 508 g/mol. The lowest BCUT2D eigenvalue weighted by atomic mass is 10.0. The van der Waals surface area contributed by atoms with Crippen molar-refractivity contribution >= 4 is 23.4 Å². The highest BCUT2D eigenvalue weighted by atomic mass is 35.5. The summed E-state index contributed by atoms with van der Waals surface area (Å²) >= 11 is 6.07. The highest BCUT2D eigenvalue weighted by molar-refractivity contribution is 6.30. The second kappa shape index (κ2) is 13.5. The second-order valence-corrected chi connectivity index (χ2v) is 8.87. The molecule has 3 aromatic rings. The number of hydrogen-bond donors (Lipinski definition) is 1. The van der Waals surface area contributed by atoms with E-state index in [0.717, 1.165) is 16.7 Å². The van der Waals surface area contributed by atoms with Crippen LogP contribution in [0.25, 0.3) is 0 Å². The first-order valence-electron chi connectivity index (χ1n) is 12.0. The van der Waals surface area contributed by atoms with Crippen molar-refractivity contribution in [1.29, 1.82) is 0 Å². The Morgan fingerprint density at radius 1 is 0.889 bits per heavy atom. The van der Waals surface area contributed by atoms with E-state index >= 15 is 0 Å². The number of rotatable bonds is 12. The van der Waals surface area contributed by atoms with Gasteiger partial charge in [-0.1, -0.05) is 60.1 Å². The summed E-state index contributed by atoms with van der Waals surface area (Å²) < 4.78 is 10.7. The van der Waals surface area contributed by atoms with Crippen molar-refractivity contribution in [3.05, 3.63) is 94.5 Å². The van der Waals surface area contributed by atoms with Crippen molar-refractivity contribution in [3.8, 4) is 11.5 Å². The molecule has 2 amide bonds. The predicted molar refractivity (Wildman–Crippen MR) is 142 cm³/mol. The average Bonchev–Trinajstić information content (AvgIpc) is 2.90. The molecule has 0 unspecified atom stereocenters. The molecule has 0 saturated carbocycles. The summed E-state index contributed by atoms with van der Waals surface area (Å²) in [7, 11) is 3.17. The molecular formula is C29H33ClN2O4. The Morgan fingerprint density at radius 2 is 1.56 bits per heavy atom. The molecule has 0 fully saturated rings. The number of nitrogens with one attached hydrogen (secondary N) is 1. The molecule has 36 heavy (non-hydrogen) atoms. The number of nitrogens with zero attached hydrogens (tertiary/aromatic N) is 1. The third-order valence-corrected chi connectivity index (χ3v) is 6.22. The third-order valence-electron chi connectivity index (χ3n) is 5.96. The fraction of sp³-hybridized carbons (Fsp3) is 0.310. The SMILES string of the molecule is CCNC(=O)[C@@H](Cc1ccccc1)N(Cc1ccc(Cl)cc1)C(=O)CCc1ccc(OC)c(OC)c1. The van der Waals surface area contributed by atoms with Crippen LogP contribution in [0.3, 0.4) is 0 Å². The minimum Gasteiger partial charge on any atom is -0.493 e. The number of aryl methyl sites for hydroxylation is 1. The number of carbonyl (C=O) groups is 2. The molecule has 3 aromatic carbocycles. The van der Waals surface area contributed by atoms with Crippen molar-refractivity contribution in [2.45, 2.75) is 38.8 Å². The Labute approximate surface area is 218 Å². The van der Waals surface area contributed by atoms with Crippen molar-refractivity contribution in [2.75, 3.05) is 20.8 Å². The van der Waals surface area contributed by atoms with Crippen LogP contribution in [0.5, 0.6) is 11.5 Å². The zero-order valence-corrected chi connectivity index (χ0v) is 21.8. The van der Waals surface area contributed by atoms with E-state index in [4.69, 9.17) is 21.1 Å². The fourth-order valence-electron chi connectivity index (χ4n) is 4.06. The van der Waals surface area contributed by atoms with Gasteiger partial charge >= 0.3 is 0 Å². The van der Waals surface area contributed by atoms with Gasteiger partial charge in [-0.15, -0.1) is 0 Å². The van der Waals surface area contributed by atoms with E-state index < -0.39 is 6.04 Å². The lowest BCUT2D eigenvalue weighted by molar-refractivity contribution is -0.141. The number of carbonyl (C=O) groups excluding carboxylic acids is 2. The number of likely N-dealkylation sites (N-methyl/N-ethyl adjacent to an activating group) is 1. The Bertz CT molecular complexity index is 1140. The van der Waals surface area contributed by atoms with Gasteiger partial charge in [-0.25, -0.2) is 0 Å². The van der Waals surface area contributed by atoms with E-state index in [1.54, 1.807) is 31.3 Å². The summed E-state index contributed by atoms with van der Waals surface area (Å²) in [6.45, 7) is 2.66. The Hall–Kier alpha value is -3.51.